The summed E-state index contributed by atoms with van der Waals surface area (Å²) in [6.45, 7) is 10.4. The minimum Gasteiger partial charge on any atom is -0.497 e. The molecule has 0 bridgehead atoms. The Morgan fingerprint density at radius 1 is 1.20 bits per heavy atom. The molecule has 15 heteroatoms. The number of ether oxygens (including phenoxy) is 2. The van der Waals surface area contributed by atoms with E-state index >= 15 is 0 Å². The van der Waals surface area contributed by atoms with Crippen molar-refractivity contribution in [2.45, 2.75) is 81.9 Å². The van der Waals surface area contributed by atoms with Gasteiger partial charge in [-0.25, -0.2) is 13.4 Å². The number of aromatic nitrogens is 1. The first kappa shape index (κ1) is 35.1. The van der Waals surface area contributed by atoms with Crippen LogP contribution in [0, 0.1) is 11.3 Å². The lowest BCUT2D eigenvalue weighted by Crippen LogP contribution is -2.60. The van der Waals surface area contributed by atoms with Gasteiger partial charge >= 0.3 is 0 Å². The molecule has 264 valence electrons. The number of thioether (sulfide) groups is 1. The van der Waals surface area contributed by atoms with E-state index < -0.39 is 68.1 Å². The van der Waals surface area contributed by atoms with Crippen molar-refractivity contribution in [3.63, 3.8) is 0 Å². The number of hydrogen-bond acceptors (Lipinski definition) is 12. The summed E-state index contributed by atoms with van der Waals surface area (Å²) in [5.41, 5.74) is -1.93. The Balaban J connectivity index is 1.29. The normalized spacial score (nSPS) is 26.3. The van der Waals surface area contributed by atoms with E-state index in [1.165, 1.54) is 11.8 Å². The molecular weight excluding hydrogens is 669 g/mol. The number of nitrogens with zero attached hydrogens (tertiary/aromatic N) is 3. The molecule has 1 aromatic heterocycles. The van der Waals surface area contributed by atoms with Gasteiger partial charge in [-0.15, -0.1) is 6.58 Å². The average Bonchev–Trinajstić information content (AvgIpc) is 4.00. The number of aliphatic imine (C=N–C) groups is 1. The minimum absolute atomic E-state index is 0.107. The van der Waals surface area contributed by atoms with Crippen LogP contribution in [0.1, 0.15) is 52.9 Å². The third-order valence-corrected chi connectivity index (χ3v) is 12.4. The van der Waals surface area contributed by atoms with Gasteiger partial charge in [-0.3, -0.25) is 34.3 Å². The largest absolute Gasteiger partial charge is 0.497 e. The molecule has 2 aliphatic heterocycles. The molecule has 4 aliphatic rings. The molecule has 0 spiro atoms. The third kappa shape index (κ3) is 7.29. The fourth-order valence-corrected chi connectivity index (χ4v) is 8.87. The van der Waals surface area contributed by atoms with Crippen LogP contribution in [0.15, 0.2) is 48.1 Å². The van der Waals surface area contributed by atoms with Crippen LogP contribution in [0.2, 0.25) is 0 Å². The van der Waals surface area contributed by atoms with Gasteiger partial charge in [-0.1, -0.05) is 38.6 Å². The fraction of sp³-hybridized carbons (Fsp3) is 0.559. The Labute approximate surface area is 291 Å². The summed E-state index contributed by atoms with van der Waals surface area (Å²) in [5, 5.41) is 7.48. The summed E-state index contributed by atoms with van der Waals surface area (Å²) in [6.07, 6.45) is 4.93. The lowest BCUT2D eigenvalue weighted by Gasteiger charge is -2.34. The molecule has 0 radical (unpaired) electrons. The van der Waals surface area contributed by atoms with Crippen molar-refractivity contribution < 1.29 is 32.3 Å². The van der Waals surface area contributed by atoms with Gasteiger partial charge in [0, 0.05) is 42.8 Å². The molecule has 3 heterocycles. The number of carbonyl (C=O) groups is 3. The van der Waals surface area contributed by atoms with Crippen molar-refractivity contribution in [3.8, 4) is 11.6 Å². The lowest BCUT2D eigenvalue weighted by atomic mass is 9.86. The highest BCUT2D eigenvalue weighted by Crippen LogP contribution is 2.53. The predicted octanol–water partition coefficient (Wildman–Crippen LogP) is 2.76. The molecule has 3 N–H and O–H groups in total. The number of nitrogens with one attached hydrogen (secondary N) is 3. The van der Waals surface area contributed by atoms with Gasteiger partial charge in [0.05, 0.1) is 18.4 Å². The predicted molar refractivity (Wildman–Crippen MR) is 188 cm³/mol. The Bertz CT molecular complexity index is 1790. The molecule has 13 nitrogen and oxygen atoms in total. The topological polar surface area (TPSA) is 168 Å². The summed E-state index contributed by atoms with van der Waals surface area (Å²) in [6, 6.07) is 5.57. The van der Waals surface area contributed by atoms with Gasteiger partial charge in [0.25, 0.3) is 5.91 Å². The minimum atomic E-state index is -3.87. The Hall–Kier alpha value is -3.69. The van der Waals surface area contributed by atoms with E-state index in [4.69, 9.17) is 9.47 Å². The van der Waals surface area contributed by atoms with E-state index in [9.17, 15) is 22.8 Å². The number of pyridine rings is 1. The molecule has 3 amide bonds. The second-order valence-corrected chi connectivity index (χ2v) is 17.2. The monoisotopic (exact) mass is 712 g/mol. The average molecular weight is 713 g/mol. The highest BCUT2D eigenvalue weighted by atomic mass is 32.2. The van der Waals surface area contributed by atoms with Gasteiger partial charge in [-0.2, -0.15) is 0 Å². The van der Waals surface area contributed by atoms with Crippen molar-refractivity contribution >= 4 is 55.4 Å². The molecule has 6 rings (SSSR count). The summed E-state index contributed by atoms with van der Waals surface area (Å²) < 4.78 is 39.9. The highest BCUT2D eigenvalue weighted by molar-refractivity contribution is 8.13. The second-order valence-electron chi connectivity index (χ2n) is 14.2. The number of benzene rings is 1. The maximum Gasteiger partial charge on any atom is 0.254 e. The van der Waals surface area contributed by atoms with E-state index in [1.807, 2.05) is 39.0 Å². The van der Waals surface area contributed by atoms with Crippen molar-refractivity contribution in [3.05, 3.63) is 43.1 Å². The van der Waals surface area contributed by atoms with Crippen LogP contribution in [-0.2, 0) is 24.4 Å². The van der Waals surface area contributed by atoms with E-state index in [0.29, 0.717) is 36.2 Å². The lowest BCUT2D eigenvalue weighted by molar-refractivity contribution is -0.137. The molecule has 1 aromatic carbocycles. The number of fused-ring (bicyclic) bond motifs is 1. The number of imide groups is 1. The van der Waals surface area contributed by atoms with Crippen LogP contribution in [0.25, 0.3) is 10.8 Å². The molecule has 49 heavy (non-hydrogen) atoms. The fourth-order valence-electron chi connectivity index (χ4n) is 6.66. The smallest absolute Gasteiger partial charge is 0.254 e. The zero-order valence-corrected chi connectivity index (χ0v) is 29.9. The summed E-state index contributed by atoms with van der Waals surface area (Å²) in [4.78, 5) is 52.5. The van der Waals surface area contributed by atoms with Crippen molar-refractivity contribution in [2.75, 3.05) is 26.0 Å². The summed E-state index contributed by atoms with van der Waals surface area (Å²) in [7, 11) is -2.28. The van der Waals surface area contributed by atoms with Crippen LogP contribution in [-0.4, -0.2) is 96.1 Å². The molecule has 2 aliphatic carbocycles. The molecule has 5 atom stereocenters. The Morgan fingerprint density at radius 3 is 2.61 bits per heavy atom. The van der Waals surface area contributed by atoms with Crippen LogP contribution >= 0.6 is 11.8 Å². The van der Waals surface area contributed by atoms with Crippen LogP contribution in [0.5, 0.6) is 11.6 Å². The van der Waals surface area contributed by atoms with E-state index in [1.54, 1.807) is 30.3 Å². The standard InChI is InChI=1S/C34H44N6O7S2/c1-6-21-18-34(21,31(43)39-49(44,45)24-9-10-24)40-19-23(47-30-25-11-8-22(46-5)16-20(25)12-14-35-30)17-26(40)28(41)38-29(42)27(33(2,3)4)37-32-36-13-7-15-48-32/h6,8,11-12,14,16,21,23-24,26-27H,1,7,9-10,13,15,17-19H2,2-5H3,(H,36,37)(H,39,43)(H,38,41,42)/t21-,23-,26+,27-,34-/m1/s1. The third-order valence-electron chi connectivity index (χ3n) is 9.59. The maximum atomic E-state index is 14.2. The van der Waals surface area contributed by atoms with Crippen molar-refractivity contribution in [1.29, 1.82) is 0 Å². The second kappa shape index (κ2) is 13.6. The van der Waals surface area contributed by atoms with Gasteiger partial charge in [0.15, 0.2) is 5.17 Å². The van der Waals surface area contributed by atoms with Crippen molar-refractivity contribution in [1.82, 2.24) is 25.2 Å². The molecule has 2 aromatic rings. The summed E-state index contributed by atoms with van der Waals surface area (Å²) >= 11 is 1.54. The number of carbonyl (C=O) groups excluding carboxylic acids is 3. The van der Waals surface area contributed by atoms with Crippen molar-refractivity contribution in [2.24, 2.45) is 16.3 Å². The number of likely N-dealkylation sites (tertiary alicyclic amines) is 1. The molecule has 1 saturated heterocycles. The number of sulfonamides is 1. The number of methoxy groups -OCH3 is 1. The zero-order chi connectivity index (χ0) is 35.1. The summed E-state index contributed by atoms with van der Waals surface area (Å²) in [5.74, 6) is -0.346. The molecule has 0 unspecified atom stereocenters. The van der Waals surface area contributed by atoms with Crippen LogP contribution in [0.4, 0.5) is 0 Å². The Kier molecular flexibility index (Phi) is 9.72. The SMILES string of the molecule is C=C[C@@H]1C[C@@]1(C(=O)NS(=O)(=O)C1CC1)N1C[C@H](Oc2nccc3cc(OC)ccc23)C[C@H]1C(=O)NC(=O)[C@@H](NC1=NCCCS1)C(C)(C)C. The molecule has 2 saturated carbocycles. The van der Waals surface area contributed by atoms with Gasteiger partial charge in [0.2, 0.25) is 27.7 Å². The number of amides is 3. The van der Waals surface area contributed by atoms with Crippen LogP contribution in [0.3, 0.4) is 0 Å². The Morgan fingerprint density at radius 2 is 1.98 bits per heavy atom. The van der Waals surface area contributed by atoms with E-state index in [2.05, 4.69) is 31.9 Å². The van der Waals surface area contributed by atoms with E-state index in [-0.39, 0.29) is 19.4 Å². The van der Waals surface area contributed by atoms with E-state index in [0.717, 1.165) is 22.9 Å². The first-order valence-electron chi connectivity index (χ1n) is 16.6. The van der Waals surface area contributed by atoms with Crippen LogP contribution < -0.4 is 24.8 Å². The van der Waals surface area contributed by atoms with Gasteiger partial charge in [0.1, 0.15) is 23.4 Å². The number of hydrogen-bond donors (Lipinski definition) is 3. The number of rotatable bonds is 11. The number of amidine groups is 1. The first-order chi connectivity index (χ1) is 23.3. The van der Waals surface area contributed by atoms with Gasteiger partial charge < -0.3 is 14.8 Å². The van der Waals surface area contributed by atoms with Gasteiger partial charge in [-0.05, 0) is 60.7 Å². The highest BCUT2D eigenvalue weighted by Gasteiger charge is 2.67. The molecule has 3 fully saturated rings. The maximum absolute atomic E-state index is 14.2. The quantitative estimate of drug-likeness (QED) is 0.293. The zero-order valence-electron chi connectivity index (χ0n) is 28.2. The first-order valence-corrected chi connectivity index (χ1v) is 19.1. The molecular formula is C34H44N6O7S2.